The lowest BCUT2D eigenvalue weighted by molar-refractivity contribution is 1.02. The Labute approximate surface area is 389 Å². The third-order valence-electron chi connectivity index (χ3n) is 13.5. The van der Waals surface area contributed by atoms with Gasteiger partial charge in [-0.3, -0.25) is 4.57 Å². The molecule has 0 spiro atoms. The summed E-state index contributed by atoms with van der Waals surface area (Å²) in [6.07, 6.45) is 0. The quantitative estimate of drug-likeness (QED) is 0.167. The first-order valence-electron chi connectivity index (χ1n) is 22.7. The van der Waals surface area contributed by atoms with Crippen LogP contribution in [0.3, 0.4) is 0 Å². The van der Waals surface area contributed by atoms with Crippen molar-refractivity contribution in [3.05, 3.63) is 231 Å². The van der Waals surface area contributed by atoms with Crippen molar-refractivity contribution in [3.8, 4) is 55.6 Å². The summed E-state index contributed by atoms with van der Waals surface area (Å²) in [7, 11) is 0. The third-order valence-corrected chi connectivity index (χ3v) is 14.8. The number of fused-ring (bicyclic) bond motifs is 11. The summed E-state index contributed by atoms with van der Waals surface area (Å²) in [5.41, 5.74) is 14.3. The summed E-state index contributed by atoms with van der Waals surface area (Å²) in [6, 6.07) is 83.2. The van der Waals surface area contributed by atoms with Gasteiger partial charge in [-0.1, -0.05) is 188 Å². The lowest BCUT2D eigenvalue weighted by Gasteiger charge is -2.12. The van der Waals surface area contributed by atoms with Crippen LogP contribution in [0.1, 0.15) is 0 Å². The maximum Gasteiger partial charge on any atom is 0.235 e. The highest BCUT2D eigenvalue weighted by Crippen LogP contribution is 2.48. The van der Waals surface area contributed by atoms with Crippen molar-refractivity contribution < 1.29 is 0 Å². The lowest BCUT2D eigenvalue weighted by Crippen LogP contribution is -2.03. The van der Waals surface area contributed by atoms with Gasteiger partial charge in [0.2, 0.25) is 5.95 Å². The van der Waals surface area contributed by atoms with Gasteiger partial charge in [-0.25, -0.2) is 9.97 Å². The lowest BCUT2D eigenvalue weighted by atomic mass is 9.98. The molecule has 5 heteroatoms. The number of benzene rings is 10. The average Bonchev–Trinajstić information content (AvgIpc) is 4.07. The van der Waals surface area contributed by atoms with E-state index in [1.54, 1.807) is 11.3 Å². The molecule has 0 bridgehead atoms. The summed E-state index contributed by atoms with van der Waals surface area (Å²) < 4.78 is 5.79. The van der Waals surface area contributed by atoms with E-state index in [9.17, 15) is 0 Å². The smallest absolute Gasteiger partial charge is 0.235 e. The van der Waals surface area contributed by atoms with Crippen molar-refractivity contribution in [2.24, 2.45) is 0 Å². The molecule has 0 amide bonds. The van der Waals surface area contributed by atoms with E-state index in [1.807, 2.05) is 0 Å². The van der Waals surface area contributed by atoms with E-state index in [0.717, 1.165) is 76.6 Å². The summed E-state index contributed by atoms with van der Waals surface area (Å²) in [6.45, 7) is 0. The first-order chi connectivity index (χ1) is 33.2. The summed E-state index contributed by atoms with van der Waals surface area (Å²) in [5.74, 6) is 0.645. The minimum absolute atomic E-state index is 0.645. The Morgan fingerprint density at radius 2 is 0.910 bits per heavy atom. The molecule has 4 heterocycles. The van der Waals surface area contributed by atoms with E-state index >= 15 is 0 Å². The number of nitrogens with zero attached hydrogens (tertiary/aromatic N) is 4. The number of hydrogen-bond acceptors (Lipinski definition) is 3. The van der Waals surface area contributed by atoms with Crippen LogP contribution in [0.4, 0.5) is 0 Å². The summed E-state index contributed by atoms with van der Waals surface area (Å²) >= 11 is 1.77. The molecule has 4 nitrogen and oxygen atoms in total. The fraction of sp³-hybridized carbons (Fsp3) is 0. The molecule has 0 saturated carbocycles. The molecule has 0 radical (unpaired) electrons. The maximum atomic E-state index is 5.69. The van der Waals surface area contributed by atoms with Crippen LogP contribution in [-0.2, 0) is 0 Å². The fourth-order valence-corrected chi connectivity index (χ4v) is 11.8. The van der Waals surface area contributed by atoms with Gasteiger partial charge >= 0.3 is 0 Å². The van der Waals surface area contributed by atoms with E-state index in [4.69, 9.17) is 9.97 Å². The van der Waals surface area contributed by atoms with Gasteiger partial charge in [0.1, 0.15) is 0 Å². The maximum absolute atomic E-state index is 5.69. The van der Waals surface area contributed by atoms with Crippen molar-refractivity contribution in [2.75, 3.05) is 0 Å². The van der Waals surface area contributed by atoms with Crippen molar-refractivity contribution >= 4 is 86.7 Å². The third kappa shape index (κ3) is 5.85. The predicted octanol–water partition coefficient (Wildman–Crippen LogP) is 16.9. The number of rotatable bonds is 6. The van der Waals surface area contributed by atoms with Gasteiger partial charge in [0, 0.05) is 48.6 Å². The van der Waals surface area contributed by atoms with Crippen LogP contribution < -0.4 is 0 Å². The molecule has 67 heavy (non-hydrogen) atoms. The molecular formula is C62H38N4S. The van der Waals surface area contributed by atoms with Crippen LogP contribution in [0.5, 0.6) is 0 Å². The Morgan fingerprint density at radius 3 is 1.63 bits per heavy atom. The molecule has 0 saturated heterocycles. The Balaban J connectivity index is 1.05. The number of thiophene rings is 1. The van der Waals surface area contributed by atoms with E-state index in [0.29, 0.717) is 5.95 Å². The summed E-state index contributed by atoms with van der Waals surface area (Å²) in [5, 5.41) is 9.63. The topological polar surface area (TPSA) is 35.6 Å². The molecule has 0 unspecified atom stereocenters. The minimum Gasteiger partial charge on any atom is -0.309 e. The first-order valence-corrected chi connectivity index (χ1v) is 23.6. The zero-order chi connectivity index (χ0) is 44.0. The molecule has 4 aromatic heterocycles. The summed E-state index contributed by atoms with van der Waals surface area (Å²) in [4.78, 5) is 12.5. The molecule has 0 fully saturated rings. The van der Waals surface area contributed by atoms with Crippen LogP contribution in [-0.4, -0.2) is 19.1 Å². The Kier molecular flexibility index (Phi) is 8.42. The van der Waals surface area contributed by atoms with E-state index in [1.165, 1.54) is 48.4 Å². The van der Waals surface area contributed by atoms with Crippen LogP contribution in [0, 0.1) is 0 Å². The zero-order valence-electron chi connectivity index (χ0n) is 36.1. The van der Waals surface area contributed by atoms with Gasteiger partial charge in [0.25, 0.3) is 0 Å². The van der Waals surface area contributed by atoms with Gasteiger partial charge in [-0.15, -0.1) is 11.3 Å². The fourth-order valence-electron chi connectivity index (χ4n) is 10.5. The Bertz CT molecular complexity index is 4240. The van der Waals surface area contributed by atoms with Crippen molar-refractivity contribution in [3.63, 3.8) is 0 Å². The number of aromatic nitrogens is 4. The standard InChI is InChI=1S/C62H38N4S/c1-5-19-41(20-6-1)55-58-61(67-60(55)43-23-9-3-10-24-43)57(42-21-7-2-8-22-42)63-62(64-58)66-52-34-31-44(37-50(52)49-33-29-40-18-14-16-28-48(40)59(49)66)45-32-35-53-51(38-45)56-47-27-15-13-17-39(47)30-36-54(56)65(53)46-25-11-4-12-26-46/h1-38H. The molecular weight excluding hydrogens is 833 g/mol. The number of para-hydroxylation sites is 1. The van der Waals surface area contributed by atoms with Gasteiger partial charge < -0.3 is 4.57 Å². The Morgan fingerprint density at radius 1 is 0.358 bits per heavy atom. The number of hydrogen-bond donors (Lipinski definition) is 0. The van der Waals surface area contributed by atoms with Gasteiger partial charge in [-0.2, -0.15) is 0 Å². The Hall–Kier alpha value is -8.64. The highest BCUT2D eigenvalue weighted by atomic mass is 32.1. The molecule has 0 atom stereocenters. The molecule has 10 aromatic carbocycles. The second-order valence-corrected chi connectivity index (χ2v) is 18.3. The van der Waals surface area contributed by atoms with Gasteiger partial charge in [-0.05, 0) is 80.9 Å². The molecule has 14 aromatic rings. The normalized spacial score (nSPS) is 11.9. The van der Waals surface area contributed by atoms with Crippen molar-refractivity contribution in [1.29, 1.82) is 0 Å². The highest BCUT2D eigenvalue weighted by molar-refractivity contribution is 7.23. The van der Waals surface area contributed by atoms with Crippen LogP contribution in [0.2, 0.25) is 0 Å². The van der Waals surface area contributed by atoms with Gasteiger partial charge in [0.15, 0.2) is 0 Å². The second kappa shape index (κ2) is 15.0. The minimum atomic E-state index is 0.645. The van der Waals surface area contributed by atoms with Crippen molar-refractivity contribution in [1.82, 2.24) is 19.1 Å². The van der Waals surface area contributed by atoms with E-state index in [-0.39, 0.29) is 0 Å². The molecule has 312 valence electrons. The highest BCUT2D eigenvalue weighted by Gasteiger charge is 2.25. The molecule has 14 rings (SSSR count). The molecule has 0 aliphatic carbocycles. The predicted molar refractivity (Wildman–Crippen MR) is 283 cm³/mol. The SMILES string of the molecule is c1ccc(-c2sc3c(-c4ccccc4)nc(-n4c5ccc(-c6ccc7c(c6)c6c8ccccc8ccc6n7-c6ccccc6)cc5c5ccc6ccccc6c54)nc3c2-c2ccccc2)cc1. The monoisotopic (exact) mass is 870 g/mol. The second-order valence-electron chi connectivity index (χ2n) is 17.3. The van der Waals surface area contributed by atoms with Crippen LogP contribution >= 0.6 is 11.3 Å². The molecule has 0 aliphatic rings. The van der Waals surface area contributed by atoms with Crippen LogP contribution in [0.15, 0.2) is 231 Å². The van der Waals surface area contributed by atoms with E-state index in [2.05, 4.69) is 240 Å². The zero-order valence-corrected chi connectivity index (χ0v) is 37.0. The van der Waals surface area contributed by atoms with E-state index < -0.39 is 0 Å². The first kappa shape index (κ1) is 37.7. The average molecular weight is 871 g/mol. The van der Waals surface area contributed by atoms with Crippen LogP contribution in [0.25, 0.3) is 131 Å². The van der Waals surface area contributed by atoms with Crippen molar-refractivity contribution in [2.45, 2.75) is 0 Å². The largest absolute Gasteiger partial charge is 0.309 e. The molecule has 0 N–H and O–H groups in total. The van der Waals surface area contributed by atoms with Gasteiger partial charge in [0.05, 0.1) is 38.0 Å². The molecule has 0 aliphatic heterocycles.